The Morgan fingerprint density at radius 2 is 1.67 bits per heavy atom. The molecule has 0 bridgehead atoms. The van der Waals surface area contributed by atoms with Gasteiger partial charge in [0.2, 0.25) is 0 Å². The highest BCUT2D eigenvalue weighted by Crippen LogP contribution is 2.55. The average Bonchev–Trinajstić information content (AvgIpc) is 3.43. The molecule has 12 heteroatoms. The van der Waals surface area contributed by atoms with Gasteiger partial charge in [-0.15, -0.1) is 0 Å². The van der Waals surface area contributed by atoms with Gasteiger partial charge in [0.05, 0.1) is 11.1 Å². The summed E-state index contributed by atoms with van der Waals surface area (Å²) in [5.41, 5.74) is -2.89. The number of primary amides is 1. The van der Waals surface area contributed by atoms with Crippen molar-refractivity contribution in [3.63, 3.8) is 0 Å². The normalized spacial score (nSPS) is 20.2. The lowest BCUT2D eigenvalue weighted by Crippen LogP contribution is -2.50. The van der Waals surface area contributed by atoms with E-state index in [0.29, 0.717) is 28.5 Å². The maximum atomic E-state index is 14.6. The lowest BCUT2D eigenvalue weighted by Gasteiger charge is -2.34. The first kappa shape index (κ1) is 28.2. The van der Waals surface area contributed by atoms with Crippen LogP contribution in [0.3, 0.4) is 0 Å². The Balaban J connectivity index is 2.21. The molecule has 196 valence electrons. The smallest absolute Gasteiger partial charge is 0.366 e. The molecule has 3 rings (SSSR count). The fourth-order valence-corrected chi connectivity index (χ4v) is 5.36. The van der Waals surface area contributed by atoms with Crippen LogP contribution in [0.25, 0.3) is 0 Å². The molecule has 2 aromatic carbocycles. The Morgan fingerprint density at radius 1 is 1.08 bits per heavy atom. The number of amides is 2. The molecule has 1 aliphatic rings. The molecule has 2 atom stereocenters. The van der Waals surface area contributed by atoms with Gasteiger partial charge in [-0.2, -0.15) is 26.3 Å². The molecule has 2 aromatic rings. The number of carbonyl (C=O) groups excluding carboxylic acids is 2. The van der Waals surface area contributed by atoms with Crippen molar-refractivity contribution < 1.29 is 40.3 Å². The second-order valence-electron chi connectivity index (χ2n) is 8.99. The first-order valence-electron chi connectivity index (χ1n) is 10.8. The molecule has 1 fully saturated rings. The third-order valence-corrected chi connectivity index (χ3v) is 7.59. The average molecular weight is 630 g/mol. The number of halogens is 8. The molecule has 0 radical (unpaired) electrons. The summed E-state index contributed by atoms with van der Waals surface area (Å²) in [6.07, 6.45) is -11.4. The molecule has 0 aromatic heterocycles. The number of anilines is 1. The Hall–Kier alpha value is -2.38. The van der Waals surface area contributed by atoms with Crippen molar-refractivity contribution in [1.29, 1.82) is 0 Å². The molecule has 0 aliphatic heterocycles. The molecule has 2 unspecified atom stereocenters. The van der Waals surface area contributed by atoms with E-state index in [1.807, 2.05) is 29.5 Å². The van der Waals surface area contributed by atoms with Gasteiger partial charge in [-0.3, -0.25) is 9.59 Å². The summed E-state index contributed by atoms with van der Waals surface area (Å²) in [7, 11) is 0. The predicted octanol–water partition coefficient (Wildman–Crippen LogP) is 6.82. The van der Waals surface area contributed by atoms with E-state index in [1.165, 1.54) is 24.0 Å². The van der Waals surface area contributed by atoms with Crippen LogP contribution in [-0.4, -0.2) is 29.7 Å². The fourth-order valence-electron chi connectivity index (χ4n) is 4.60. The molecule has 1 saturated carbocycles. The van der Waals surface area contributed by atoms with E-state index in [2.05, 4.69) is 0 Å². The van der Waals surface area contributed by atoms with Gasteiger partial charge in [0.1, 0.15) is 0 Å². The van der Waals surface area contributed by atoms with E-state index < -0.39 is 40.9 Å². The zero-order valence-corrected chi connectivity index (χ0v) is 21.5. The highest BCUT2D eigenvalue weighted by molar-refractivity contribution is 14.1. The monoisotopic (exact) mass is 630 g/mol. The summed E-state index contributed by atoms with van der Waals surface area (Å²) >= 11 is 1.83. The van der Waals surface area contributed by atoms with Crippen molar-refractivity contribution in [2.45, 2.75) is 57.2 Å². The number of nitrogens with two attached hydrogens (primary N) is 1. The number of rotatable bonds is 6. The second kappa shape index (κ2) is 9.18. The fraction of sp³-hybridized carbons (Fsp3) is 0.417. The molecular formula is C24H22F7IN2O2. The summed E-state index contributed by atoms with van der Waals surface area (Å²) in [5.74, 6) is -1.60. The maximum Gasteiger partial charge on any atom is 0.435 e. The minimum absolute atomic E-state index is 0.00295. The van der Waals surface area contributed by atoms with Gasteiger partial charge < -0.3 is 10.6 Å². The molecular weight excluding hydrogens is 608 g/mol. The Morgan fingerprint density at radius 3 is 2.11 bits per heavy atom. The van der Waals surface area contributed by atoms with Crippen molar-refractivity contribution in [2.75, 3.05) is 4.90 Å². The van der Waals surface area contributed by atoms with E-state index in [9.17, 15) is 40.3 Å². The third-order valence-electron chi connectivity index (χ3n) is 6.69. The van der Waals surface area contributed by atoms with Gasteiger partial charge in [0, 0.05) is 20.4 Å². The van der Waals surface area contributed by atoms with Crippen LogP contribution in [0, 0.1) is 16.4 Å². The summed E-state index contributed by atoms with van der Waals surface area (Å²) in [5, 5.41) is 0. The highest BCUT2D eigenvalue weighted by atomic mass is 127. The van der Waals surface area contributed by atoms with Gasteiger partial charge in [-0.1, -0.05) is 31.5 Å². The Kier molecular flexibility index (Phi) is 7.19. The number of aryl methyl sites for hydroxylation is 1. The zero-order valence-electron chi connectivity index (χ0n) is 19.3. The summed E-state index contributed by atoms with van der Waals surface area (Å²) < 4.78 is 94.7. The van der Waals surface area contributed by atoms with Gasteiger partial charge in [0.15, 0.2) is 0 Å². The maximum absolute atomic E-state index is 14.6. The second-order valence-corrected chi connectivity index (χ2v) is 10.2. The van der Waals surface area contributed by atoms with E-state index in [1.54, 1.807) is 13.0 Å². The van der Waals surface area contributed by atoms with Gasteiger partial charge >= 0.3 is 18.0 Å². The number of nitrogens with zero attached hydrogens (tertiary/aromatic N) is 1. The first-order valence-corrected chi connectivity index (χ1v) is 11.9. The van der Waals surface area contributed by atoms with Gasteiger partial charge in [-0.25, -0.2) is 4.39 Å². The molecule has 0 heterocycles. The molecule has 2 N–H and O–H groups in total. The van der Waals surface area contributed by atoms with Crippen LogP contribution in [0.1, 0.15) is 58.5 Å². The Labute approximate surface area is 216 Å². The molecule has 4 nitrogen and oxygen atoms in total. The first-order chi connectivity index (χ1) is 16.4. The molecule has 2 amide bonds. The standard InChI is InChI=1S/C24H22F7IN2O2/c1-4-13-11-21(13,3)34(20(36)15-6-5-7-16(32)18(15)19(33)35)17-9-8-14(10-12(17)2)22(25,23(26,27)28)24(29,30)31/h5-10,13H,4,11H2,1-3H3,(H2,33,35). The van der Waals surface area contributed by atoms with E-state index in [4.69, 9.17) is 5.73 Å². The minimum atomic E-state index is -6.26. The van der Waals surface area contributed by atoms with Gasteiger partial charge in [-0.05, 0) is 72.5 Å². The number of hydrogen-bond acceptors (Lipinski definition) is 2. The molecule has 0 spiro atoms. The van der Waals surface area contributed by atoms with Gasteiger partial charge in [0.25, 0.3) is 11.8 Å². The quantitative estimate of drug-likeness (QED) is 0.281. The van der Waals surface area contributed by atoms with Crippen LogP contribution in [-0.2, 0) is 5.67 Å². The van der Waals surface area contributed by atoms with Crippen molar-refractivity contribution in [2.24, 2.45) is 11.7 Å². The summed E-state index contributed by atoms with van der Waals surface area (Å²) in [6.45, 7) is 4.80. The van der Waals surface area contributed by atoms with Crippen molar-refractivity contribution >= 4 is 40.1 Å². The topological polar surface area (TPSA) is 63.4 Å². The molecule has 0 saturated heterocycles. The van der Waals surface area contributed by atoms with E-state index in [0.717, 1.165) is 6.07 Å². The van der Waals surface area contributed by atoms with Crippen LogP contribution in [0.15, 0.2) is 36.4 Å². The van der Waals surface area contributed by atoms with Crippen LogP contribution < -0.4 is 10.6 Å². The number of alkyl halides is 7. The van der Waals surface area contributed by atoms with Crippen LogP contribution in [0.4, 0.5) is 36.4 Å². The number of hydrogen-bond donors (Lipinski definition) is 1. The third kappa shape index (κ3) is 4.45. The Bertz CT molecular complexity index is 1200. The molecule has 1 aliphatic carbocycles. The minimum Gasteiger partial charge on any atom is -0.366 e. The number of benzene rings is 2. The van der Waals surface area contributed by atoms with Crippen LogP contribution in [0.5, 0.6) is 0 Å². The summed E-state index contributed by atoms with van der Waals surface area (Å²) in [6, 6.07) is 6.17. The zero-order chi connectivity index (χ0) is 27.4. The highest BCUT2D eigenvalue weighted by Gasteiger charge is 2.73. The van der Waals surface area contributed by atoms with Crippen molar-refractivity contribution in [3.05, 3.63) is 62.2 Å². The van der Waals surface area contributed by atoms with Crippen LogP contribution in [0.2, 0.25) is 0 Å². The van der Waals surface area contributed by atoms with Crippen molar-refractivity contribution in [3.8, 4) is 0 Å². The number of carbonyl (C=O) groups is 2. The SMILES string of the molecule is CCC1CC1(C)N(C(=O)c1cccc(I)c1C(N)=O)c1ccc(C(F)(C(F)(F)F)C(F)(F)F)cc1C. The largest absolute Gasteiger partial charge is 0.435 e. The lowest BCUT2D eigenvalue weighted by atomic mass is 9.91. The van der Waals surface area contributed by atoms with E-state index >= 15 is 0 Å². The van der Waals surface area contributed by atoms with E-state index in [-0.39, 0.29) is 28.3 Å². The molecule has 36 heavy (non-hydrogen) atoms. The van der Waals surface area contributed by atoms with Crippen LogP contribution >= 0.6 is 22.6 Å². The lowest BCUT2D eigenvalue weighted by molar-refractivity contribution is -0.348. The summed E-state index contributed by atoms with van der Waals surface area (Å²) in [4.78, 5) is 27.2. The van der Waals surface area contributed by atoms with Crippen molar-refractivity contribution in [1.82, 2.24) is 0 Å². The predicted molar refractivity (Wildman–Crippen MR) is 127 cm³/mol.